The lowest BCUT2D eigenvalue weighted by Gasteiger charge is -2.30. The Morgan fingerprint density at radius 1 is 1.21 bits per heavy atom. The lowest BCUT2D eigenvalue weighted by Crippen LogP contribution is -2.44. The number of aryl methyl sites for hydroxylation is 1. The fourth-order valence-corrected chi connectivity index (χ4v) is 5.55. The molecule has 1 unspecified atom stereocenters. The first kappa shape index (κ1) is 27.6. The van der Waals surface area contributed by atoms with Crippen molar-refractivity contribution in [3.05, 3.63) is 82.9 Å². The van der Waals surface area contributed by atoms with Crippen LogP contribution in [0.5, 0.6) is 11.5 Å². The highest BCUT2D eigenvalue weighted by molar-refractivity contribution is 6.00. The second kappa shape index (κ2) is 10.1. The van der Waals surface area contributed by atoms with Gasteiger partial charge in [0.25, 0.3) is 5.91 Å². The van der Waals surface area contributed by atoms with E-state index in [0.717, 1.165) is 23.8 Å². The summed E-state index contributed by atoms with van der Waals surface area (Å²) >= 11 is 0. The van der Waals surface area contributed by atoms with Gasteiger partial charge in [-0.25, -0.2) is 9.37 Å². The number of fused-ring (bicyclic) bond motifs is 2. The zero-order valence-electron chi connectivity index (χ0n) is 23.5. The molecule has 3 heterocycles. The third-order valence-corrected chi connectivity index (χ3v) is 8.32. The summed E-state index contributed by atoms with van der Waals surface area (Å²) in [6.45, 7) is 3.47. The molecule has 4 aromatic rings. The molecule has 2 atom stereocenters. The van der Waals surface area contributed by atoms with E-state index in [2.05, 4.69) is 10.3 Å². The van der Waals surface area contributed by atoms with Gasteiger partial charge in [-0.2, -0.15) is 0 Å². The number of hydrogen-bond acceptors (Lipinski definition) is 7. The van der Waals surface area contributed by atoms with Crippen molar-refractivity contribution in [1.29, 1.82) is 0 Å². The minimum absolute atomic E-state index is 0.00765. The summed E-state index contributed by atoms with van der Waals surface area (Å²) in [5, 5.41) is 15.8. The Labute approximate surface area is 241 Å². The predicted molar refractivity (Wildman–Crippen MR) is 154 cm³/mol. The van der Waals surface area contributed by atoms with Gasteiger partial charge in [0, 0.05) is 28.3 Å². The van der Waals surface area contributed by atoms with Gasteiger partial charge in [-0.05, 0) is 86.7 Å². The average Bonchev–Trinajstić information content (AvgIpc) is 3.78. The molecule has 1 fully saturated rings. The molecule has 2 aromatic heterocycles. The average molecular weight is 571 g/mol. The molecule has 0 radical (unpaired) electrons. The number of aliphatic hydroxyl groups is 1. The normalized spacial score (nSPS) is 19.1. The second-order valence-electron chi connectivity index (χ2n) is 11.4. The number of rotatable bonds is 8. The highest BCUT2D eigenvalue weighted by Gasteiger charge is 2.50. The van der Waals surface area contributed by atoms with Crippen LogP contribution < -0.4 is 20.5 Å². The van der Waals surface area contributed by atoms with Crippen LogP contribution in [0.4, 0.5) is 4.39 Å². The number of carbonyl (C=O) groups is 2. The first-order chi connectivity index (χ1) is 20.0. The molecule has 2 amide bonds. The van der Waals surface area contributed by atoms with Gasteiger partial charge in [0.2, 0.25) is 5.91 Å². The second-order valence-corrected chi connectivity index (χ2v) is 11.4. The van der Waals surface area contributed by atoms with Crippen molar-refractivity contribution in [2.75, 3.05) is 20.3 Å². The summed E-state index contributed by atoms with van der Waals surface area (Å²) in [6.07, 6.45) is 3.20. The van der Waals surface area contributed by atoms with E-state index in [0.29, 0.717) is 39.4 Å². The summed E-state index contributed by atoms with van der Waals surface area (Å²) < 4.78 is 25.2. The van der Waals surface area contributed by atoms with Gasteiger partial charge in [0.05, 0.1) is 19.3 Å². The zero-order valence-corrected chi connectivity index (χ0v) is 23.5. The monoisotopic (exact) mass is 570 g/mol. The number of benzene rings is 2. The van der Waals surface area contributed by atoms with Gasteiger partial charge in [-0.3, -0.25) is 14.6 Å². The third kappa shape index (κ3) is 4.61. The smallest absolute Gasteiger partial charge is 0.251 e. The van der Waals surface area contributed by atoms with E-state index in [4.69, 9.17) is 20.2 Å². The largest absolute Gasteiger partial charge is 0.494 e. The fourth-order valence-electron chi connectivity index (χ4n) is 5.55. The Morgan fingerprint density at radius 3 is 2.62 bits per heavy atom. The number of halogens is 1. The van der Waals surface area contributed by atoms with Crippen molar-refractivity contribution in [2.24, 2.45) is 11.7 Å². The summed E-state index contributed by atoms with van der Waals surface area (Å²) in [4.78, 5) is 35.2. The molecule has 0 spiro atoms. The molecule has 4 N–H and O–H groups in total. The number of carbonyl (C=O) groups excluding carboxylic acids is 2. The first-order valence-electron chi connectivity index (χ1n) is 13.7. The van der Waals surface area contributed by atoms with E-state index < -0.39 is 28.6 Å². The van der Waals surface area contributed by atoms with Crippen LogP contribution in [-0.2, 0) is 15.8 Å². The number of methoxy groups -OCH3 is 1. The van der Waals surface area contributed by atoms with Crippen molar-refractivity contribution in [1.82, 2.24) is 15.3 Å². The first-order valence-corrected chi connectivity index (χ1v) is 13.7. The van der Waals surface area contributed by atoms with E-state index in [1.54, 1.807) is 43.5 Å². The quantitative estimate of drug-likeness (QED) is 0.292. The van der Waals surface area contributed by atoms with E-state index in [9.17, 15) is 19.1 Å². The lowest BCUT2D eigenvalue weighted by atomic mass is 9.81. The Hall–Kier alpha value is -4.57. The summed E-state index contributed by atoms with van der Waals surface area (Å²) in [5.41, 5.74) is 6.70. The summed E-state index contributed by atoms with van der Waals surface area (Å²) in [7, 11) is 1.52. The van der Waals surface area contributed by atoms with Crippen molar-refractivity contribution in [2.45, 2.75) is 37.7 Å². The molecule has 10 heteroatoms. The number of nitrogens with one attached hydrogen (secondary N) is 1. The highest BCUT2D eigenvalue weighted by atomic mass is 19.1. The SMILES string of the molecule is COc1cc(C(=O)NCC(O)(c2cc3c(c(-c4ccc(F)cc4)n2)OC[C@]3(C)C(N)=O)C2CC2)cc2cc(C)cnc12. The molecule has 42 heavy (non-hydrogen) atoms. The topological polar surface area (TPSA) is 137 Å². The van der Waals surface area contributed by atoms with E-state index in [1.165, 1.54) is 19.2 Å². The van der Waals surface area contributed by atoms with Gasteiger partial charge in [-0.15, -0.1) is 0 Å². The molecule has 216 valence electrons. The minimum atomic E-state index is -1.56. The number of hydrogen-bond donors (Lipinski definition) is 3. The Bertz CT molecular complexity index is 1740. The maximum Gasteiger partial charge on any atom is 0.251 e. The number of aromatic nitrogens is 2. The number of amides is 2. The maximum absolute atomic E-state index is 13.8. The van der Waals surface area contributed by atoms with E-state index in [1.807, 2.05) is 13.0 Å². The molecule has 0 bridgehead atoms. The van der Waals surface area contributed by atoms with Crippen molar-refractivity contribution < 1.29 is 28.6 Å². The molecule has 2 aliphatic rings. The number of pyridine rings is 2. The molecule has 2 aromatic carbocycles. The fraction of sp³-hybridized carbons (Fsp3) is 0.312. The van der Waals surface area contributed by atoms with Crippen LogP contribution in [0.1, 0.15) is 46.9 Å². The predicted octanol–water partition coefficient (Wildman–Crippen LogP) is 3.92. The molecule has 1 aliphatic heterocycles. The van der Waals surface area contributed by atoms with Crippen LogP contribution in [-0.4, -0.2) is 47.2 Å². The summed E-state index contributed by atoms with van der Waals surface area (Å²) in [6, 6.07) is 12.7. The number of nitrogens with two attached hydrogens (primary N) is 1. The van der Waals surface area contributed by atoms with Crippen LogP contribution in [0.2, 0.25) is 0 Å². The number of primary amides is 1. The highest BCUT2D eigenvalue weighted by Crippen LogP contribution is 2.50. The van der Waals surface area contributed by atoms with Gasteiger partial charge in [0.1, 0.15) is 46.1 Å². The molecular formula is C32H31FN4O5. The van der Waals surface area contributed by atoms with Crippen LogP contribution in [0.15, 0.2) is 54.7 Å². The van der Waals surface area contributed by atoms with Crippen LogP contribution >= 0.6 is 0 Å². The van der Waals surface area contributed by atoms with E-state index in [-0.39, 0.29) is 24.8 Å². The van der Waals surface area contributed by atoms with Gasteiger partial charge >= 0.3 is 0 Å². The third-order valence-electron chi connectivity index (χ3n) is 8.32. The molecule has 0 saturated heterocycles. The minimum Gasteiger partial charge on any atom is -0.494 e. The van der Waals surface area contributed by atoms with Gasteiger partial charge in [-0.1, -0.05) is 0 Å². The van der Waals surface area contributed by atoms with E-state index >= 15 is 0 Å². The van der Waals surface area contributed by atoms with Crippen LogP contribution in [0.25, 0.3) is 22.2 Å². The lowest BCUT2D eigenvalue weighted by molar-refractivity contribution is -0.123. The molecular weight excluding hydrogens is 539 g/mol. The molecule has 9 nitrogen and oxygen atoms in total. The van der Waals surface area contributed by atoms with Crippen molar-refractivity contribution in [3.8, 4) is 22.8 Å². The summed E-state index contributed by atoms with van der Waals surface area (Å²) in [5.74, 6) is -0.749. The van der Waals surface area contributed by atoms with Gasteiger partial charge in [0.15, 0.2) is 0 Å². The molecule has 1 saturated carbocycles. The van der Waals surface area contributed by atoms with Gasteiger partial charge < -0.3 is 25.6 Å². The van der Waals surface area contributed by atoms with Crippen molar-refractivity contribution in [3.63, 3.8) is 0 Å². The zero-order chi connectivity index (χ0) is 29.8. The number of nitrogens with zero attached hydrogens (tertiary/aromatic N) is 2. The standard InChI is InChI=1S/C32H31FN4O5/c1-17-10-19-11-20(12-24(41-3)26(19)35-14-17)29(38)36-15-32(40,21-6-7-21)25-13-23-28(42-16-31(23,2)30(34)39)27(37-25)18-4-8-22(33)9-5-18/h4-5,8-14,21,40H,6-7,15-16H2,1-3H3,(H2,34,39)(H,36,38)/t31-,32?/m0/s1. The Morgan fingerprint density at radius 2 is 1.95 bits per heavy atom. The Balaban J connectivity index is 1.39. The maximum atomic E-state index is 13.8. The molecule has 6 rings (SSSR count). The van der Waals surface area contributed by atoms with Crippen LogP contribution in [0.3, 0.4) is 0 Å². The van der Waals surface area contributed by atoms with Crippen LogP contribution in [0, 0.1) is 18.7 Å². The number of ether oxygens (including phenoxy) is 2. The van der Waals surface area contributed by atoms with Crippen molar-refractivity contribution >= 4 is 22.7 Å². The Kier molecular flexibility index (Phi) is 6.61. The molecule has 1 aliphatic carbocycles.